The molecule has 6 heteroatoms. The van der Waals surface area contributed by atoms with Crippen LogP contribution >= 0.6 is 11.6 Å². The molecule has 1 aromatic heterocycles. The standard InChI is InChI=1S/C18H24ClN3O2/c19-16-7-6-15(13-20-16)18(24)22-11-9-21(10-12-22)17(23)8-5-14-3-1-2-4-14/h6-7,13-14H,1-5,8-12H2. The van der Waals surface area contributed by atoms with E-state index in [-0.39, 0.29) is 11.8 Å². The lowest BCUT2D eigenvalue weighted by atomic mass is 10.0. The molecule has 24 heavy (non-hydrogen) atoms. The number of amides is 2. The lowest BCUT2D eigenvalue weighted by Gasteiger charge is -2.35. The first-order valence-electron chi connectivity index (χ1n) is 8.82. The van der Waals surface area contributed by atoms with Crippen molar-refractivity contribution >= 4 is 23.4 Å². The minimum Gasteiger partial charge on any atom is -0.339 e. The molecule has 3 rings (SSSR count). The van der Waals surface area contributed by atoms with Crippen LogP contribution in [0, 0.1) is 5.92 Å². The van der Waals surface area contributed by atoms with Gasteiger partial charge in [-0.25, -0.2) is 4.98 Å². The van der Waals surface area contributed by atoms with E-state index >= 15 is 0 Å². The zero-order valence-electron chi connectivity index (χ0n) is 13.9. The molecule has 5 nitrogen and oxygen atoms in total. The van der Waals surface area contributed by atoms with Crippen LogP contribution in [0.4, 0.5) is 0 Å². The average molecular weight is 350 g/mol. The van der Waals surface area contributed by atoms with E-state index in [0.717, 1.165) is 12.3 Å². The molecule has 0 bridgehead atoms. The highest BCUT2D eigenvalue weighted by Gasteiger charge is 2.25. The summed E-state index contributed by atoms with van der Waals surface area (Å²) in [5.41, 5.74) is 0.542. The van der Waals surface area contributed by atoms with Crippen LogP contribution in [-0.4, -0.2) is 52.8 Å². The molecule has 1 aliphatic carbocycles. The second-order valence-electron chi connectivity index (χ2n) is 6.73. The monoisotopic (exact) mass is 349 g/mol. The van der Waals surface area contributed by atoms with Gasteiger partial charge in [-0.15, -0.1) is 0 Å². The van der Waals surface area contributed by atoms with Crippen LogP contribution in [0.3, 0.4) is 0 Å². The molecule has 2 heterocycles. The lowest BCUT2D eigenvalue weighted by molar-refractivity contribution is -0.133. The van der Waals surface area contributed by atoms with Gasteiger partial charge in [0.1, 0.15) is 5.15 Å². The van der Waals surface area contributed by atoms with Crippen LogP contribution < -0.4 is 0 Å². The molecule has 0 N–H and O–H groups in total. The number of rotatable bonds is 4. The zero-order chi connectivity index (χ0) is 16.9. The van der Waals surface area contributed by atoms with E-state index in [1.807, 2.05) is 4.90 Å². The van der Waals surface area contributed by atoms with Crippen LogP contribution in [0.5, 0.6) is 0 Å². The SMILES string of the molecule is O=C(CCC1CCCC1)N1CCN(C(=O)c2ccc(Cl)nc2)CC1. The highest BCUT2D eigenvalue weighted by Crippen LogP contribution is 2.28. The first-order chi connectivity index (χ1) is 11.6. The second-order valence-corrected chi connectivity index (χ2v) is 7.12. The lowest BCUT2D eigenvalue weighted by Crippen LogP contribution is -2.50. The van der Waals surface area contributed by atoms with Gasteiger partial charge in [0.05, 0.1) is 5.56 Å². The average Bonchev–Trinajstić information content (AvgIpc) is 3.13. The van der Waals surface area contributed by atoms with Gasteiger partial charge >= 0.3 is 0 Å². The molecular weight excluding hydrogens is 326 g/mol. The Labute approximate surface area is 148 Å². The number of hydrogen-bond acceptors (Lipinski definition) is 3. The smallest absolute Gasteiger partial charge is 0.255 e. The van der Waals surface area contributed by atoms with E-state index in [9.17, 15) is 9.59 Å². The molecular formula is C18H24ClN3O2. The molecule has 0 atom stereocenters. The van der Waals surface area contributed by atoms with Gasteiger partial charge in [-0.1, -0.05) is 37.3 Å². The number of piperazine rings is 1. The minimum atomic E-state index is -0.0442. The number of aromatic nitrogens is 1. The molecule has 0 aromatic carbocycles. The minimum absolute atomic E-state index is 0.0442. The third-order valence-electron chi connectivity index (χ3n) is 5.14. The van der Waals surface area contributed by atoms with Crippen LogP contribution in [-0.2, 0) is 4.79 Å². The first kappa shape index (κ1) is 17.2. The number of halogens is 1. The summed E-state index contributed by atoms with van der Waals surface area (Å²) in [4.78, 5) is 32.4. The van der Waals surface area contributed by atoms with Gasteiger partial charge in [-0.3, -0.25) is 9.59 Å². The maximum absolute atomic E-state index is 12.4. The van der Waals surface area contributed by atoms with E-state index in [2.05, 4.69) is 4.98 Å². The van der Waals surface area contributed by atoms with E-state index in [1.54, 1.807) is 17.0 Å². The summed E-state index contributed by atoms with van der Waals surface area (Å²) < 4.78 is 0. The second kappa shape index (κ2) is 7.97. The van der Waals surface area contributed by atoms with Gasteiger partial charge in [0.2, 0.25) is 5.91 Å². The molecule has 2 fully saturated rings. The molecule has 0 radical (unpaired) electrons. The highest BCUT2D eigenvalue weighted by molar-refractivity contribution is 6.29. The fraction of sp³-hybridized carbons (Fsp3) is 0.611. The highest BCUT2D eigenvalue weighted by atomic mass is 35.5. The third-order valence-corrected chi connectivity index (χ3v) is 5.36. The summed E-state index contributed by atoms with van der Waals surface area (Å²) >= 11 is 5.75. The van der Waals surface area contributed by atoms with E-state index in [4.69, 9.17) is 11.6 Å². The van der Waals surface area contributed by atoms with Gasteiger partial charge in [-0.2, -0.15) is 0 Å². The largest absolute Gasteiger partial charge is 0.339 e. The van der Waals surface area contributed by atoms with Crippen LogP contribution in [0.2, 0.25) is 5.15 Å². The summed E-state index contributed by atoms with van der Waals surface area (Å²) in [5, 5.41) is 0.379. The number of nitrogens with zero attached hydrogens (tertiary/aromatic N) is 3. The molecule has 0 unspecified atom stereocenters. The Morgan fingerprint density at radius 2 is 1.75 bits per heavy atom. The Bertz CT molecular complexity index is 576. The Morgan fingerprint density at radius 3 is 2.38 bits per heavy atom. The molecule has 1 saturated carbocycles. The first-order valence-corrected chi connectivity index (χ1v) is 9.20. The maximum Gasteiger partial charge on any atom is 0.255 e. The Hall–Kier alpha value is -1.62. The number of carbonyl (C=O) groups is 2. The van der Waals surface area contributed by atoms with Crippen LogP contribution in [0.1, 0.15) is 48.9 Å². The summed E-state index contributed by atoms with van der Waals surface area (Å²) in [7, 11) is 0. The van der Waals surface area contributed by atoms with E-state index in [0.29, 0.717) is 43.3 Å². The van der Waals surface area contributed by atoms with Crippen molar-refractivity contribution in [2.24, 2.45) is 5.92 Å². The molecule has 1 saturated heterocycles. The van der Waals surface area contributed by atoms with E-state index < -0.39 is 0 Å². The Morgan fingerprint density at radius 1 is 1.08 bits per heavy atom. The zero-order valence-corrected chi connectivity index (χ0v) is 14.7. The van der Waals surface area contributed by atoms with Gasteiger partial charge in [0.15, 0.2) is 0 Å². The van der Waals surface area contributed by atoms with Crippen LogP contribution in [0.15, 0.2) is 18.3 Å². The number of carbonyl (C=O) groups excluding carboxylic acids is 2. The summed E-state index contributed by atoms with van der Waals surface area (Å²) in [6, 6.07) is 3.31. The molecule has 2 amide bonds. The fourth-order valence-electron chi connectivity index (χ4n) is 3.63. The Kier molecular flexibility index (Phi) is 5.72. The van der Waals surface area contributed by atoms with Crippen molar-refractivity contribution in [2.75, 3.05) is 26.2 Å². The topological polar surface area (TPSA) is 53.5 Å². The molecule has 0 spiro atoms. The predicted molar refractivity (Wildman–Crippen MR) is 92.9 cm³/mol. The van der Waals surface area contributed by atoms with Crippen molar-refractivity contribution < 1.29 is 9.59 Å². The summed E-state index contributed by atoms with van der Waals surface area (Å²) in [5.74, 6) is 0.939. The van der Waals surface area contributed by atoms with Crippen molar-refractivity contribution in [1.29, 1.82) is 0 Å². The quantitative estimate of drug-likeness (QED) is 0.785. The van der Waals surface area contributed by atoms with Gasteiger partial charge < -0.3 is 9.80 Å². The van der Waals surface area contributed by atoms with Gasteiger partial charge in [-0.05, 0) is 24.5 Å². The van der Waals surface area contributed by atoms with Gasteiger partial charge in [0.25, 0.3) is 5.91 Å². The Balaban J connectivity index is 1.45. The normalized spacial score (nSPS) is 18.9. The van der Waals surface area contributed by atoms with Crippen molar-refractivity contribution in [3.63, 3.8) is 0 Å². The summed E-state index contributed by atoms with van der Waals surface area (Å²) in [6.07, 6.45) is 8.38. The fourth-order valence-corrected chi connectivity index (χ4v) is 3.74. The number of pyridine rings is 1. The van der Waals surface area contributed by atoms with Crippen molar-refractivity contribution in [1.82, 2.24) is 14.8 Å². The van der Waals surface area contributed by atoms with E-state index in [1.165, 1.54) is 31.9 Å². The van der Waals surface area contributed by atoms with Crippen LogP contribution in [0.25, 0.3) is 0 Å². The molecule has 130 valence electrons. The third kappa shape index (κ3) is 4.26. The number of hydrogen-bond donors (Lipinski definition) is 0. The summed E-state index contributed by atoms with van der Waals surface area (Å²) in [6.45, 7) is 2.40. The molecule has 1 aromatic rings. The van der Waals surface area contributed by atoms with Crippen molar-refractivity contribution in [3.05, 3.63) is 29.0 Å². The van der Waals surface area contributed by atoms with Crippen molar-refractivity contribution in [2.45, 2.75) is 38.5 Å². The molecule has 2 aliphatic rings. The van der Waals surface area contributed by atoms with Gasteiger partial charge in [0, 0.05) is 38.8 Å². The predicted octanol–water partition coefficient (Wildman–Crippen LogP) is 2.99. The van der Waals surface area contributed by atoms with Crippen molar-refractivity contribution in [3.8, 4) is 0 Å². The molecule has 1 aliphatic heterocycles. The maximum atomic E-state index is 12.4.